The average Bonchev–Trinajstić information content (AvgIpc) is 2.95. The summed E-state index contributed by atoms with van der Waals surface area (Å²) in [6.07, 6.45) is 11.0. The summed E-state index contributed by atoms with van der Waals surface area (Å²) >= 11 is 4.62. The molecule has 0 aliphatic heterocycles. The molecule has 0 amide bonds. The van der Waals surface area contributed by atoms with Crippen LogP contribution in [0.5, 0.6) is 0 Å². The molecule has 202 valence electrons. The second-order valence-electron chi connectivity index (χ2n) is 9.96. The van der Waals surface area contributed by atoms with Gasteiger partial charge in [0.05, 0.1) is 0 Å². The first kappa shape index (κ1) is 30.0. The molecule has 0 fully saturated rings. The van der Waals surface area contributed by atoms with Gasteiger partial charge in [-0.25, -0.2) is 0 Å². The van der Waals surface area contributed by atoms with Crippen molar-refractivity contribution < 1.29 is 9.47 Å². The molecule has 2 nitrogen and oxygen atoms in total. The number of rotatable bonds is 17. The quantitative estimate of drug-likeness (QED) is 0.0894. The second-order valence-corrected chi connectivity index (χ2v) is 18.7. The van der Waals surface area contributed by atoms with Crippen LogP contribution in [0.3, 0.4) is 0 Å². The van der Waals surface area contributed by atoms with Crippen molar-refractivity contribution in [3.63, 3.8) is 0 Å². The van der Waals surface area contributed by atoms with Gasteiger partial charge in [0.25, 0.3) is 0 Å². The number of unbranched alkanes of at least 4 members (excludes halogenated alkanes) is 7. The number of ether oxygens (including phenoxy) is 2. The number of hydrogen-bond acceptors (Lipinski definition) is 2. The molecule has 0 bridgehead atoms. The Hall–Kier alpha value is -1.51. The summed E-state index contributed by atoms with van der Waals surface area (Å²) in [6.45, 7) is 6.99. The molecular weight excluding hydrogens is 539 g/mol. The molecule has 0 spiro atoms. The van der Waals surface area contributed by atoms with Crippen LogP contribution in [0.25, 0.3) is 0 Å². The fourth-order valence-corrected chi connectivity index (χ4v) is 13.7. The van der Waals surface area contributed by atoms with Crippen molar-refractivity contribution >= 4 is 36.7 Å². The summed E-state index contributed by atoms with van der Waals surface area (Å²) in [5.74, 6) is -0.0696. The third-order valence-electron chi connectivity index (χ3n) is 7.38. The van der Waals surface area contributed by atoms with E-state index in [9.17, 15) is 0 Å². The van der Waals surface area contributed by atoms with Crippen molar-refractivity contribution in [1.82, 2.24) is 0 Å². The third-order valence-corrected chi connectivity index (χ3v) is 17.8. The van der Waals surface area contributed by atoms with Gasteiger partial charge in [-0.1, -0.05) is 0 Å². The third kappa shape index (κ3) is 7.12. The van der Waals surface area contributed by atoms with E-state index < -0.39 is 5.31 Å². The SMILES string of the molecule is CCCCCCCCCCC(OC(C)OCC)P(Br)(c1ccccc1)(c1ccccc1)c1ccccc1. The van der Waals surface area contributed by atoms with Crippen molar-refractivity contribution in [3.05, 3.63) is 91.0 Å². The number of benzene rings is 3. The van der Waals surface area contributed by atoms with Gasteiger partial charge in [0.2, 0.25) is 0 Å². The molecule has 37 heavy (non-hydrogen) atoms. The normalized spacial score (nSPS) is 14.5. The summed E-state index contributed by atoms with van der Waals surface area (Å²) in [4.78, 5) is 0. The van der Waals surface area contributed by atoms with Gasteiger partial charge in [-0.2, -0.15) is 0 Å². The van der Waals surface area contributed by atoms with E-state index in [1.165, 1.54) is 60.9 Å². The van der Waals surface area contributed by atoms with Crippen LogP contribution in [0.1, 0.15) is 78.6 Å². The van der Waals surface area contributed by atoms with Crippen LogP contribution in [0.15, 0.2) is 91.0 Å². The van der Waals surface area contributed by atoms with Crippen molar-refractivity contribution in [2.75, 3.05) is 6.61 Å². The first-order valence-corrected chi connectivity index (χ1v) is 18.5. The van der Waals surface area contributed by atoms with Gasteiger partial charge < -0.3 is 0 Å². The van der Waals surface area contributed by atoms with Crippen molar-refractivity contribution in [3.8, 4) is 0 Å². The van der Waals surface area contributed by atoms with E-state index in [-0.39, 0.29) is 12.1 Å². The van der Waals surface area contributed by atoms with E-state index in [2.05, 4.69) is 113 Å². The van der Waals surface area contributed by atoms with Crippen molar-refractivity contribution in [2.45, 2.75) is 90.7 Å². The average molecular weight is 586 g/mol. The van der Waals surface area contributed by atoms with Crippen LogP contribution >= 0.6 is 20.8 Å². The molecule has 0 radical (unpaired) electrons. The maximum absolute atomic E-state index is 6.97. The standard InChI is InChI=1S/C33H46BrO2P/c1-4-6-7-8-9-10-11-21-28-33(36-29(3)35-5-2)37(34,30-22-15-12-16-23-30,31-24-17-13-18-25-31)32-26-19-14-20-27-32/h12-20,22-27,29,33H,4-11,21,28H2,1-3H3. The Balaban J connectivity index is 2.07. The van der Waals surface area contributed by atoms with Crippen LogP contribution in [-0.4, -0.2) is 18.7 Å². The zero-order valence-corrected chi connectivity index (χ0v) is 25.5. The Bertz CT molecular complexity index is 913. The van der Waals surface area contributed by atoms with Crippen molar-refractivity contribution in [1.29, 1.82) is 0 Å². The molecule has 0 N–H and O–H groups in total. The topological polar surface area (TPSA) is 18.5 Å². The van der Waals surface area contributed by atoms with E-state index >= 15 is 0 Å². The van der Waals surface area contributed by atoms with Crippen LogP contribution in [0, 0.1) is 0 Å². The molecule has 0 aliphatic rings. The molecule has 0 heterocycles. The summed E-state index contributed by atoms with van der Waals surface area (Å²) < 4.78 is 13.0. The molecule has 0 aliphatic carbocycles. The molecule has 3 aromatic rings. The molecule has 4 heteroatoms. The summed E-state index contributed by atoms with van der Waals surface area (Å²) in [5, 5.41) is 0.624. The molecular formula is C33H46BrO2P. The Labute approximate surface area is 233 Å². The van der Waals surface area contributed by atoms with Crippen LogP contribution in [-0.2, 0) is 9.47 Å². The fraction of sp³-hybridized carbons (Fsp3) is 0.455. The molecule has 2 atom stereocenters. The van der Waals surface area contributed by atoms with Crippen LogP contribution in [0.4, 0.5) is 0 Å². The molecule has 3 rings (SSSR count). The zero-order valence-electron chi connectivity index (χ0n) is 23.0. The Morgan fingerprint density at radius 2 is 1.03 bits per heavy atom. The number of hydrogen-bond donors (Lipinski definition) is 0. The van der Waals surface area contributed by atoms with Crippen LogP contribution in [0.2, 0.25) is 0 Å². The van der Waals surface area contributed by atoms with E-state index in [4.69, 9.17) is 9.47 Å². The summed E-state index contributed by atoms with van der Waals surface area (Å²) in [6, 6.07) is 32.9. The van der Waals surface area contributed by atoms with E-state index in [0.29, 0.717) is 6.61 Å². The maximum atomic E-state index is 6.97. The minimum atomic E-state index is -3.25. The Kier molecular flexibility index (Phi) is 12.3. The van der Waals surface area contributed by atoms with Crippen molar-refractivity contribution in [2.24, 2.45) is 0 Å². The molecule has 3 aromatic carbocycles. The first-order chi connectivity index (χ1) is 18.1. The van der Waals surface area contributed by atoms with E-state index in [1.54, 1.807) is 0 Å². The van der Waals surface area contributed by atoms with Gasteiger partial charge in [-0.15, -0.1) is 0 Å². The second kappa shape index (κ2) is 15.2. The number of halogens is 1. The van der Waals surface area contributed by atoms with Gasteiger partial charge in [0.15, 0.2) is 0 Å². The van der Waals surface area contributed by atoms with Crippen LogP contribution < -0.4 is 15.9 Å². The summed E-state index contributed by atoms with van der Waals surface area (Å²) in [7, 11) is 0. The molecule has 2 unspecified atom stereocenters. The van der Waals surface area contributed by atoms with Gasteiger partial charge >= 0.3 is 234 Å². The summed E-state index contributed by atoms with van der Waals surface area (Å²) in [5.41, 5.74) is 0. The predicted molar refractivity (Wildman–Crippen MR) is 167 cm³/mol. The fourth-order valence-electron chi connectivity index (χ4n) is 5.48. The van der Waals surface area contributed by atoms with Gasteiger partial charge in [-0.3, -0.25) is 0 Å². The molecule has 0 saturated carbocycles. The zero-order chi connectivity index (χ0) is 26.4. The monoisotopic (exact) mass is 584 g/mol. The van der Waals surface area contributed by atoms with E-state index in [0.717, 1.165) is 12.8 Å². The molecule has 0 aromatic heterocycles. The van der Waals surface area contributed by atoms with Gasteiger partial charge in [0, 0.05) is 0 Å². The Morgan fingerprint density at radius 3 is 1.43 bits per heavy atom. The predicted octanol–water partition coefficient (Wildman–Crippen LogP) is 9.08. The first-order valence-electron chi connectivity index (χ1n) is 14.2. The Morgan fingerprint density at radius 1 is 0.622 bits per heavy atom. The minimum absolute atomic E-state index is 0.0696. The van der Waals surface area contributed by atoms with Gasteiger partial charge in [-0.05, 0) is 0 Å². The van der Waals surface area contributed by atoms with E-state index in [1.807, 2.05) is 13.8 Å². The van der Waals surface area contributed by atoms with Gasteiger partial charge in [0.1, 0.15) is 0 Å². The molecule has 0 saturated heterocycles.